The van der Waals surface area contributed by atoms with Crippen molar-refractivity contribution in [2.75, 3.05) is 0 Å². The lowest BCUT2D eigenvalue weighted by molar-refractivity contribution is -0.140. The minimum Gasteiger partial charge on any atom is -0.480 e. The van der Waals surface area contributed by atoms with Crippen LogP contribution in [-0.2, 0) is 9.59 Å². The van der Waals surface area contributed by atoms with E-state index in [1.807, 2.05) is 6.07 Å². The third-order valence-electron chi connectivity index (χ3n) is 2.19. The van der Waals surface area contributed by atoms with Gasteiger partial charge in [0.1, 0.15) is 17.7 Å². The van der Waals surface area contributed by atoms with E-state index in [1.54, 1.807) is 30.3 Å². The minimum atomic E-state index is -1.15. The molecule has 0 bridgehead atoms. The molecule has 5 heteroatoms. The van der Waals surface area contributed by atoms with E-state index in [0.717, 1.165) is 0 Å². The van der Waals surface area contributed by atoms with Gasteiger partial charge in [-0.2, -0.15) is 5.26 Å². The van der Waals surface area contributed by atoms with Crippen LogP contribution in [0, 0.1) is 11.3 Å². The molecule has 0 saturated carbocycles. The van der Waals surface area contributed by atoms with Crippen molar-refractivity contribution in [1.82, 2.24) is 5.32 Å². The molecule has 1 unspecified atom stereocenters. The fourth-order valence-electron chi connectivity index (χ4n) is 1.20. The second kappa shape index (κ2) is 6.21. The van der Waals surface area contributed by atoms with E-state index in [4.69, 9.17) is 10.4 Å². The number of carboxylic acid groups (broad SMARTS) is 1. The summed E-state index contributed by atoms with van der Waals surface area (Å²) in [4.78, 5) is 22.2. The van der Waals surface area contributed by atoms with Crippen LogP contribution in [0.4, 0.5) is 0 Å². The number of amides is 1. The van der Waals surface area contributed by atoms with Gasteiger partial charge in [-0.05, 0) is 18.6 Å². The van der Waals surface area contributed by atoms with Crippen molar-refractivity contribution in [3.8, 4) is 6.07 Å². The molecule has 92 valence electrons. The third kappa shape index (κ3) is 3.76. The molecule has 0 aliphatic rings. The van der Waals surface area contributed by atoms with Gasteiger partial charge >= 0.3 is 5.97 Å². The standard InChI is InChI=1S/C13H12N2O3/c1-9(13(17)18)15-12(16)11(8-14)7-10-5-3-2-4-6-10/h2-7,9H,1H3,(H,15,16)(H,17,18). The van der Waals surface area contributed by atoms with Crippen molar-refractivity contribution in [1.29, 1.82) is 5.26 Å². The summed E-state index contributed by atoms with van der Waals surface area (Å²) in [6.07, 6.45) is 1.41. The highest BCUT2D eigenvalue weighted by molar-refractivity contribution is 6.03. The predicted octanol–water partition coefficient (Wildman–Crippen LogP) is 1.18. The van der Waals surface area contributed by atoms with Crippen LogP contribution in [0.2, 0.25) is 0 Å². The van der Waals surface area contributed by atoms with Crippen molar-refractivity contribution >= 4 is 18.0 Å². The Morgan fingerprint density at radius 1 is 1.39 bits per heavy atom. The second-order valence-electron chi connectivity index (χ2n) is 3.61. The van der Waals surface area contributed by atoms with Crippen LogP contribution >= 0.6 is 0 Å². The molecule has 0 radical (unpaired) electrons. The summed E-state index contributed by atoms with van der Waals surface area (Å²) in [6, 6.07) is 9.56. The Bertz CT molecular complexity index is 515. The number of aliphatic carboxylic acids is 1. The first-order valence-corrected chi connectivity index (χ1v) is 5.25. The molecule has 1 rings (SSSR count). The van der Waals surface area contributed by atoms with Gasteiger partial charge < -0.3 is 10.4 Å². The fourth-order valence-corrected chi connectivity index (χ4v) is 1.20. The smallest absolute Gasteiger partial charge is 0.325 e. The van der Waals surface area contributed by atoms with E-state index in [0.29, 0.717) is 5.56 Å². The molecule has 0 saturated heterocycles. The number of hydrogen-bond acceptors (Lipinski definition) is 3. The number of carbonyl (C=O) groups excluding carboxylic acids is 1. The topological polar surface area (TPSA) is 90.2 Å². The summed E-state index contributed by atoms with van der Waals surface area (Å²) in [5.41, 5.74) is 0.571. The number of benzene rings is 1. The first kappa shape index (κ1) is 13.5. The minimum absolute atomic E-state index is 0.130. The largest absolute Gasteiger partial charge is 0.480 e. The molecule has 1 atom stereocenters. The van der Waals surface area contributed by atoms with Crippen LogP contribution in [0.3, 0.4) is 0 Å². The van der Waals surface area contributed by atoms with Crippen molar-refractivity contribution in [2.24, 2.45) is 0 Å². The van der Waals surface area contributed by atoms with Crippen LogP contribution in [0.1, 0.15) is 12.5 Å². The van der Waals surface area contributed by atoms with Gasteiger partial charge in [-0.3, -0.25) is 9.59 Å². The van der Waals surface area contributed by atoms with Crippen LogP contribution in [0.25, 0.3) is 6.08 Å². The van der Waals surface area contributed by atoms with Crippen molar-refractivity contribution in [3.05, 3.63) is 41.5 Å². The highest BCUT2D eigenvalue weighted by atomic mass is 16.4. The molecule has 1 aromatic rings. The second-order valence-corrected chi connectivity index (χ2v) is 3.61. The van der Waals surface area contributed by atoms with Crippen molar-refractivity contribution in [3.63, 3.8) is 0 Å². The number of rotatable bonds is 4. The lowest BCUT2D eigenvalue weighted by Crippen LogP contribution is -2.38. The predicted molar refractivity (Wildman–Crippen MR) is 65.3 cm³/mol. The fraction of sp³-hybridized carbons (Fsp3) is 0.154. The lowest BCUT2D eigenvalue weighted by atomic mass is 10.1. The highest BCUT2D eigenvalue weighted by Crippen LogP contribution is 2.06. The Balaban J connectivity index is 2.85. The number of nitriles is 1. The van der Waals surface area contributed by atoms with Gasteiger partial charge in [0.2, 0.25) is 0 Å². The molecule has 0 aliphatic carbocycles. The molecule has 2 N–H and O–H groups in total. The van der Waals surface area contributed by atoms with E-state index < -0.39 is 17.9 Å². The summed E-state index contributed by atoms with van der Waals surface area (Å²) in [7, 11) is 0. The lowest BCUT2D eigenvalue weighted by Gasteiger charge is -2.08. The molecule has 0 spiro atoms. The van der Waals surface area contributed by atoms with E-state index in [-0.39, 0.29) is 5.57 Å². The summed E-state index contributed by atoms with van der Waals surface area (Å²) < 4.78 is 0. The Morgan fingerprint density at radius 3 is 2.50 bits per heavy atom. The first-order valence-electron chi connectivity index (χ1n) is 5.25. The summed E-state index contributed by atoms with van der Waals surface area (Å²) >= 11 is 0. The third-order valence-corrected chi connectivity index (χ3v) is 2.19. The zero-order valence-corrected chi connectivity index (χ0v) is 9.75. The van der Waals surface area contributed by atoms with Gasteiger partial charge in [0.05, 0.1) is 0 Å². The maximum absolute atomic E-state index is 11.6. The highest BCUT2D eigenvalue weighted by Gasteiger charge is 2.16. The summed E-state index contributed by atoms with van der Waals surface area (Å²) in [5.74, 6) is -1.85. The quantitative estimate of drug-likeness (QED) is 0.614. The Kier molecular flexibility index (Phi) is 4.64. The molecule has 0 aliphatic heterocycles. The maximum atomic E-state index is 11.6. The van der Waals surface area contributed by atoms with Gasteiger partial charge in [-0.15, -0.1) is 0 Å². The molecule has 0 heterocycles. The van der Waals surface area contributed by atoms with E-state index in [2.05, 4.69) is 5.32 Å². The number of hydrogen-bond donors (Lipinski definition) is 2. The van der Waals surface area contributed by atoms with Gasteiger partial charge in [-0.25, -0.2) is 0 Å². The van der Waals surface area contributed by atoms with Crippen LogP contribution in [0.15, 0.2) is 35.9 Å². The summed E-state index contributed by atoms with van der Waals surface area (Å²) in [6.45, 7) is 1.33. The average molecular weight is 244 g/mol. The maximum Gasteiger partial charge on any atom is 0.325 e. The molecule has 1 amide bonds. The molecule has 5 nitrogen and oxygen atoms in total. The number of nitrogens with one attached hydrogen (secondary N) is 1. The monoisotopic (exact) mass is 244 g/mol. The zero-order valence-electron chi connectivity index (χ0n) is 9.75. The van der Waals surface area contributed by atoms with E-state index in [1.165, 1.54) is 13.0 Å². The number of carbonyl (C=O) groups is 2. The van der Waals surface area contributed by atoms with E-state index in [9.17, 15) is 9.59 Å². The first-order chi connectivity index (χ1) is 8.54. The molecule has 0 aromatic heterocycles. The zero-order chi connectivity index (χ0) is 13.5. The Morgan fingerprint density at radius 2 is 2.00 bits per heavy atom. The van der Waals surface area contributed by atoms with Crippen LogP contribution in [0.5, 0.6) is 0 Å². The number of nitrogens with zero attached hydrogens (tertiary/aromatic N) is 1. The normalized spacial score (nSPS) is 12.3. The average Bonchev–Trinajstić information content (AvgIpc) is 2.36. The Hall–Kier alpha value is -2.61. The molecular weight excluding hydrogens is 232 g/mol. The molecule has 18 heavy (non-hydrogen) atoms. The van der Waals surface area contributed by atoms with Crippen LogP contribution in [-0.4, -0.2) is 23.0 Å². The SMILES string of the molecule is CC(NC(=O)C(C#N)=Cc1ccccc1)C(=O)O. The van der Waals surface area contributed by atoms with Gasteiger partial charge in [0.25, 0.3) is 5.91 Å². The Labute approximate surface area is 104 Å². The van der Waals surface area contributed by atoms with E-state index >= 15 is 0 Å². The molecular formula is C13H12N2O3. The van der Waals surface area contributed by atoms with Crippen molar-refractivity contribution < 1.29 is 14.7 Å². The van der Waals surface area contributed by atoms with Gasteiger partial charge in [0, 0.05) is 0 Å². The van der Waals surface area contributed by atoms with Gasteiger partial charge in [-0.1, -0.05) is 30.3 Å². The molecule has 1 aromatic carbocycles. The van der Waals surface area contributed by atoms with Crippen molar-refractivity contribution in [2.45, 2.75) is 13.0 Å². The summed E-state index contributed by atoms with van der Waals surface area (Å²) in [5, 5.41) is 19.8. The van der Waals surface area contributed by atoms with Gasteiger partial charge in [0.15, 0.2) is 0 Å². The van der Waals surface area contributed by atoms with Crippen LogP contribution < -0.4 is 5.32 Å². The number of carboxylic acids is 1. The molecule has 0 fully saturated rings.